The largest absolute Gasteiger partial charge is 0.481 e. The van der Waals surface area contributed by atoms with E-state index in [1.165, 1.54) is 24.8 Å². The maximum absolute atomic E-state index is 10.5. The van der Waals surface area contributed by atoms with Crippen molar-refractivity contribution >= 4 is 5.97 Å². The molecule has 0 fully saturated rings. The van der Waals surface area contributed by atoms with E-state index in [0.717, 1.165) is 64.2 Å². The highest BCUT2D eigenvalue weighted by Crippen LogP contribution is 2.18. The van der Waals surface area contributed by atoms with E-state index in [1.807, 2.05) is 18.2 Å². The number of hydrogen-bond donors (Lipinski definition) is 2. The number of ether oxygens (including phenoxy) is 1. The molecule has 4 nitrogen and oxygen atoms in total. The third-order valence-electron chi connectivity index (χ3n) is 5.42. The average Bonchev–Trinajstić information content (AvgIpc) is 2.71. The van der Waals surface area contributed by atoms with Crippen LogP contribution in [0.15, 0.2) is 30.3 Å². The Balaban J connectivity index is 2.22. The summed E-state index contributed by atoms with van der Waals surface area (Å²) in [4.78, 5) is 10.5. The van der Waals surface area contributed by atoms with Gasteiger partial charge in [-0.05, 0) is 31.2 Å². The number of benzene rings is 1. The van der Waals surface area contributed by atoms with E-state index in [4.69, 9.17) is 9.84 Å². The third-order valence-corrected chi connectivity index (χ3v) is 5.42. The zero-order valence-electron chi connectivity index (χ0n) is 18.4. The van der Waals surface area contributed by atoms with Crippen molar-refractivity contribution in [3.8, 4) is 0 Å². The predicted molar refractivity (Wildman–Crippen MR) is 119 cm³/mol. The molecule has 2 unspecified atom stereocenters. The molecule has 0 aliphatic rings. The second kappa shape index (κ2) is 17.5. The van der Waals surface area contributed by atoms with Crippen molar-refractivity contribution in [3.05, 3.63) is 35.9 Å². The molecule has 0 saturated carbocycles. The van der Waals surface area contributed by atoms with Crippen molar-refractivity contribution in [1.29, 1.82) is 0 Å². The molecule has 4 heteroatoms. The fourth-order valence-corrected chi connectivity index (χ4v) is 3.64. The fourth-order valence-electron chi connectivity index (χ4n) is 3.64. The number of aliphatic hydroxyl groups excluding tert-OH is 1. The first kappa shape index (κ1) is 25.6. The molecule has 0 aromatic heterocycles. The molecule has 0 aliphatic heterocycles. The highest BCUT2D eigenvalue weighted by molar-refractivity contribution is 5.66. The third kappa shape index (κ3) is 15.2. The normalized spacial score (nSPS) is 13.3. The molecule has 1 aromatic rings. The molecule has 0 aliphatic carbocycles. The lowest BCUT2D eigenvalue weighted by Crippen LogP contribution is -2.21. The summed E-state index contributed by atoms with van der Waals surface area (Å²) in [7, 11) is 0. The summed E-state index contributed by atoms with van der Waals surface area (Å²) in [6.07, 6.45) is 13.7. The molecular weight excluding hydrogens is 364 g/mol. The Hall–Kier alpha value is -1.39. The maximum Gasteiger partial charge on any atom is 0.303 e. The second-order valence-electron chi connectivity index (χ2n) is 8.21. The zero-order valence-corrected chi connectivity index (χ0v) is 18.4. The van der Waals surface area contributed by atoms with Gasteiger partial charge in [0.25, 0.3) is 0 Å². The van der Waals surface area contributed by atoms with Crippen molar-refractivity contribution in [1.82, 2.24) is 0 Å². The molecule has 0 bridgehead atoms. The van der Waals surface area contributed by atoms with Gasteiger partial charge in [0.2, 0.25) is 0 Å². The first-order valence-corrected chi connectivity index (χ1v) is 11.7. The number of carboxylic acid groups (broad SMARTS) is 1. The Morgan fingerprint density at radius 3 is 2.21 bits per heavy atom. The standard InChI is InChI=1S/C25H42O4/c1-2-3-4-13-18-24(29-21-22-15-10-9-11-16-22)20-23(26)17-12-7-5-6-8-14-19-25(27)28/h9-11,15-16,23-24,26H,2-8,12-14,17-21H2,1H3,(H,27,28). The summed E-state index contributed by atoms with van der Waals surface area (Å²) in [5, 5.41) is 19.1. The molecule has 0 radical (unpaired) electrons. The topological polar surface area (TPSA) is 66.8 Å². The van der Waals surface area contributed by atoms with Crippen molar-refractivity contribution < 1.29 is 19.7 Å². The Morgan fingerprint density at radius 2 is 1.52 bits per heavy atom. The minimum atomic E-state index is -0.702. The van der Waals surface area contributed by atoms with E-state index < -0.39 is 5.97 Å². The summed E-state index contributed by atoms with van der Waals surface area (Å²) in [5.74, 6) is -0.702. The van der Waals surface area contributed by atoms with Crippen LogP contribution in [0.4, 0.5) is 0 Å². The molecule has 1 aromatic carbocycles. The minimum absolute atomic E-state index is 0.123. The lowest BCUT2D eigenvalue weighted by Gasteiger charge is -2.21. The molecule has 0 saturated heterocycles. The van der Waals surface area contributed by atoms with Gasteiger partial charge >= 0.3 is 5.97 Å². The van der Waals surface area contributed by atoms with Crippen molar-refractivity contribution in [2.24, 2.45) is 0 Å². The summed E-state index contributed by atoms with van der Waals surface area (Å²) >= 11 is 0. The van der Waals surface area contributed by atoms with Crippen LogP contribution < -0.4 is 0 Å². The first-order chi connectivity index (χ1) is 14.1. The van der Waals surface area contributed by atoms with Crippen LogP contribution in [0.1, 0.15) is 102 Å². The number of hydrogen-bond acceptors (Lipinski definition) is 3. The van der Waals surface area contributed by atoms with Gasteiger partial charge in [0.05, 0.1) is 18.8 Å². The summed E-state index contributed by atoms with van der Waals surface area (Å²) in [6.45, 7) is 2.83. The van der Waals surface area contributed by atoms with Crippen LogP contribution in [-0.2, 0) is 16.1 Å². The molecule has 29 heavy (non-hydrogen) atoms. The number of unbranched alkanes of at least 4 members (excludes halogenated alkanes) is 8. The Bertz CT molecular complexity index is 503. The molecule has 2 N–H and O–H groups in total. The number of rotatable bonds is 19. The van der Waals surface area contributed by atoms with Crippen LogP contribution >= 0.6 is 0 Å². The average molecular weight is 407 g/mol. The molecule has 2 atom stereocenters. The molecular formula is C25H42O4. The zero-order chi connectivity index (χ0) is 21.2. The quantitative estimate of drug-likeness (QED) is 0.257. The fraction of sp³-hybridized carbons (Fsp3) is 0.720. The van der Waals surface area contributed by atoms with Crippen LogP contribution in [0.5, 0.6) is 0 Å². The number of carbonyl (C=O) groups is 1. The molecule has 166 valence electrons. The van der Waals surface area contributed by atoms with Crippen molar-refractivity contribution in [2.75, 3.05) is 0 Å². The van der Waals surface area contributed by atoms with Gasteiger partial charge in [-0.2, -0.15) is 0 Å². The van der Waals surface area contributed by atoms with Gasteiger partial charge in [-0.25, -0.2) is 0 Å². The highest BCUT2D eigenvalue weighted by atomic mass is 16.5. The van der Waals surface area contributed by atoms with Gasteiger partial charge in [0.15, 0.2) is 0 Å². The van der Waals surface area contributed by atoms with Gasteiger partial charge < -0.3 is 14.9 Å². The lowest BCUT2D eigenvalue weighted by molar-refractivity contribution is -0.137. The molecule has 0 heterocycles. The van der Waals surface area contributed by atoms with E-state index in [-0.39, 0.29) is 18.6 Å². The Morgan fingerprint density at radius 1 is 0.897 bits per heavy atom. The van der Waals surface area contributed by atoms with E-state index in [9.17, 15) is 9.90 Å². The van der Waals surface area contributed by atoms with E-state index >= 15 is 0 Å². The van der Waals surface area contributed by atoms with Crippen molar-refractivity contribution in [2.45, 2.75) is 116 Å². The monoisotopic (exact) mass is 406 g/mol. The summed E-state index contributed by atoms with van der Waals surface area (Å²) in [5.41, 5.74) is 1.18. The lowest BCUT2D eigenvalue weighted by atomic mass is 10.00. The summed E-state index contributed by atoms with van der Waals surface area (Å²) in [6, 6.07) is 10.3. The Kier molecular flexibility index (Phi) is 15.4. The summed E-state index contributed by atoms with van der Waals surface area (Å²) < 4.78 is 6.16. The van der Waals surface area contributed by atoms with Crippen LogP contribution in [0.2, 0.25) is 0 Å². The van der Waals surface area contributed by atoms with Gasteiger partial charge in [-0.1, -0.05) is 95.0 Å². The molecule has 1 rings (SSSR count). The highest BCUT2D eigenvalue weighted by Gasteiger charge is 2.15. The molecule has 0 amide bonds. The number of aliphatic carboxylic acids is 1. The van der Waals surface area contributed by atoms with E-state index in [0.29, 0.717) is 6.61 Å². The Labute approximate surface area is 177 Å². The number of carboxylic acids is 1. The van der Waals surface area contributed by atoms with Gasteiger partial charge in [-0.3, -0.25) is 4.79 Å². The van der Waals surface area contributed by atoms with Gasteiger partial charge in [-0.15, -0.1) is 0 Å². The second-order valence-corrected chi connectivity index (χ2v) is 8.21. The smallest absolute Gasteiger partial charge is 0.303 e. The van der Waals surface area contributed by atoms with Crippen LogP contribution in [-0.4, -0.2) is 28.4 Å². The van der Waals surface area contributed by atoms with Gasteiger partial charge in [0, 0.05) is 6.42 Å². The minimum Gasteiger partial charge on any atom is -0.481 e. The first-order valence-electron chi connectivity index (χ1n) is 11.7. The van der Waals surface area contributed by atoms with Crippen LogP contribution in [0.25, 0.3) is 0 Å². The maximum atomic E-state index is 10.5. The van der Waals surface area contributed by atoms with Crippen LogP contribution in [0.3, 0.4) is 0 Å². The van der Waals surface area contributed by atoms with Gasteiger partial charge in [0.1, 0.15) is 0 Å². The van der Waals surface area contributed by atoms with E-state index in [1.54, 1.807) is 0 Å². The van der Waals surface area contributed by atoms with E-state index in [2.05, 4.69) is 19.1 Å². The van der Waals surface area contributed by atoms with Crippen LogP contribution in [0, 0.1) is 0 Å². The SMILES string of the molecule is CCCCCCC(CC(O)CCCCCCCCC(=O)O)OCc1ccccc1. The predicted octanol–water partition coefficient (Wildman–Crippen LogP) is 6.50. The van der Waals surface area contributed by atoms with Crippen molar-refractivity contribution in [3.63, 3.8) is 0 Å². The molecule has 0 spiro atoms. The number of aliphatic hydroxyl groups is 1.